The van der Waals surface area contributed by atoms with Gasteiger partial charge in [-0.15, -0.1) is 11.8 Å². The van der Waals surface area contributed by atoms with E-state index < -0.39 is 10.9 Å². The van der Waals surface area contributed by atoms with Crippen molar-refractivity contribution in [3.63, 3.8) is 0 Å². The third-order valence-electron chi connectivity index (χ3n) is 2.81. The number of anilines is 2. The van der Waals surface area contributed by atoms with Gasteiger partial charge in [-0.1, -0.05) is 0 Å². The number of hydrogen-bond acceptors (Lipinski definition) is 5. The summed E-state index contributed by atoms with van der Waals surface area (Å²) in [4.78, 5) is 22.4. The zero-order valence-corrected chi connectivity index (χ0v) is 11.9. The fourth-order valence-electron chi connectivity index (χ4n) is 1.75. The second-order valence-corrected chi connectivity index (χ2v) is 5.03. The van der Waals surface area contributed by atoms with Gasteiger partial charge in [0.1, 0.15) is 5.69 Å². The van der Waals surface area contributed by atoms with Crippen LogP contribution in [0.3, 0.4) is 0 Å². The first-order valence-electron chi connectivity index (χ1n) is 5.94. The molecule has 0 aliphatic carbocycles. The number of carboxylic acids is 1. The highest BCUT2D eigenvalue weighted by molar-refractivity contribution is 7.98. The Labute approximate surface area is 125 Å². The van der Waals surface area contributed by atoms with E-state index >= 15 is 0 Å². The molecule has 0 aromatic heterocycles. The molecule has 6 nitrogen and oxygen atoms in total. The molecule has 0 spiro atoms. The summed E-state index contributed by atoms with van der Waals surface area (Å²) in [5.74, 6) is -1.20. The lowest BCUT2D eigenvalue weighted by Gasteiger charge is -2.08. The molecule has 0 aliphatic rings. The fraction of sp³-hybridized carbons (Fsp3) is 0.0714. The summed E-state index contributed by atoms with van der Waals surface area (Å²) in [5.41, 5.74) is 0.551. The van der Waals surface area contributed by atoms with Crippen molar-refractivity contribution in [1.29, 1.82) is 0 Å². The molecule has 2 rings (SSSR count). The van der Waals surface area contributed by atoms with Gasteiger partial charge in [0.25, 0.3) is 5.69 Å². The quantitative estimate of drug-likeness (QED) is 0.496. The predicted molar refractivity (Wildman–Crippen MR) is 81.6 cm³/mol. The first kappa shape index (κ1) is 14.9. The maximum Gasteiger partial charge on any atom is 0.335 e. The minimum absolute atomic E-state index is 0.120. The third-order valence-corrected chi connectivity index (χ3v) is 3.55. The molecule has 0 unspecified atom stereocenters. The Hall–Kier alpha value is -2.54. The van der Waals surface area contributed by atoms with Crippen LogP contribution in [0.25, 0.3) is 0 Å². The van der Waals surface area contributed by atoms with Gasteiger partial charge in [-0.2, -0.15) is 0 Å². The molecule has 7 heteroatoms. The minimum atomic E-state index is -1.20. The van der Waals surface area contributed by atoms with E-state index in [4.69, 9.17) is 5.11 Å². The highest BCUT2D eigenvalue weighted by Crippen LogP contribution is 2.29. The van der Waals surface area contributed by atoms with E-state index in [9.17, 15) is 14.9 Å². The molecule has 0 fully saturated rings. The van der Waals surface area contributed by atoms with Crippen molar-refractivity contribution in [2.75, 3.05) is 11.6 Å². The van der Waals surface area contributed by atoms with Gasteiger partial charge in [0.15, 0.2) is 0 Å². The molecule has 0 amide bonds. The van der Waals surface area contributed by atoms with Gasteiger partial charge in [-0.05, 0) is 42.7 Å². The number of benzene rings is 2. The van der Waals surface area contributed by atoms with E-state index in [0.29, 0.717) is 5.69 Å². The standard InChI is InChI=1S/C14H12N2O4S/c1-21-11-5-3-10(4-6-11)15-12-7-2-9(14(17)18)8-13(12)16(19)20/h2-8,15H,1H3,(H,17,18). The summed E-state index contributed by atoms with van der Waals surface area (Å²) in [7, 11) is 0. The van der Waals surface area contributed by atoms with Crippen molar-refractivity contribution >= 4 is 34.8 Å². The Balaban J connectivity index is 2.34. The lowest BCUT2D eigenvalue weighted by atomic mass is 10.1. The second-order valence-electron chi connectivity index (χ2n) is 4.15. The molecule has 0 bridgehead atoms. The molecule has 2 aromatic carbocycles. The maximum atomic E-state index is 11.1. The monoisotopic (exact) mass is 304 g/mol. The SMILES string of the molecule is CSc1ccc(Nc2ccc(C(=O)O)cc2[N+](=O)[O-])cc1. The van der Waals surface area contributed by atoms with Crippen molar-refractivity contribution in [2.45, 2.75) is 4.90 Å². The predicted octanol–water partition coefficient (Wildman–Crippen LogP) is 3.76. The Kier molecular flexibility index (Phi) is 4.44. The average Bonchev–Trinajstić information content (AvgIpc) is 2.48. The zero-order chi connectivity index (χ0) is 15.4. The van der Waals surface area contributed by atoms with Crippen molar-refractivity contribution in [2.24, 2.45) is 0 Å². The average molecular weight is 304 g/mol. The molecular weight excluding hydrogens is 292 g/mol. The third kappa shape index (κ3) is 3.51. The van der Waals surface area contributed by atoms with E-state index in [2.05, 4.69) is 5.32 Å². The van der Waals surface area contributed by atoms with Gasteiger partial charge in [-0.25, -0.2) is 4.79 Å². The molecule has 0 heterocycles. The number of carboxylic acid groups (broad SMARTS) is 1. The Morgan fingerprint density at radius 1 is 1.24 bits per heavy atom. The van der Waals surface area contributed by atoms with Crippen LogP contribution < -0.4 is 5.32 Å². The van der Waals surface area contributed by atoms with Gasteiger partial charge in [0.05, 0.1) is 10.5 Å². The summed E-state index contributed by atoms with van der Waals surface area (Å²) in [6.07, 6.45) is 1.96. The van der Waals surface area contributed by atoms with E-state index in [0.717, 1.165) is 11.0 Å². The van der Waals surface area contributed by atoms with Gasteiger partial charge in [-0.3, -0.25) is 10.1 Å². The maximum absolute atomic E-state index is 11.1. The number of carbonyl (C=O) groups is 1. The van der Waals surface area contributed by atoms with E-state index in [1.54, 1.807) is 23.9 Å². The second kappa shape index (κ2) is 6.27. The number of nitrogens with one attached hydrogen (secondary N) is 1. The zero-order valence-electron chi connectivity index (χ0n) is 11.1. The number of nitro groups is 1. The molecule has 0 radical (unpaired) electrons. The molecule has 0 saturated heterocycles. The first-order valence-corrected chi connectivity index (χ1v) is 7.16. The number of aromatic carboxylic acids is 1. The molecular formula is C14H12N2O4S. The topological polar surface area (TPSA) is 92.5 Å². The highest BCUT2D eigenvalue weighted by Gasteiger charge is 2.17. The van der Waals surface area contributed by atoms with Crippen molar-refractivity contribution < 1.29 is 14.8 Å². The minimum Gasteiger partial charge on any atom is -0.478 e. The Bertz CT molecular complexity index is 686. The Morgan fingerprint density at radius 3 is 2.43 bits per heavy atom. The van der Waals surface area contributed by atoms with Crippen LogP contribution >= 0.6 is 11.8 Å². The molecule has 21 heavy (non-hydrogen) atoms. The van der Waals surface area contributed by atoms with E-state index in [1.807, 2.05) is 18.4 Å². The molecule has 2 N–H and O–H groups in total. The van der Waals surface area contributed by atoms with Crippen LogP contribution in [-0.2, 0) is 0 Å². The molecule has 108 valence electrons. The van der Waals surface area contributed by atoms with Crippen LogP contribution in [0, 0.1) is 10.1 Å². The van der Waals surface area contributed by atoms with Crippen molar-refractivity contribution in [3.05, 3.63) is 58.1 Å². The van der Waals surface area contributed by atoms with Crippen LogP contribution in [-0.4, -0.2) is 22.3 Å². The first-order chi connectivity index (χ1) is 10.0. The van der Waals surface area contributed by atoms with Crippen LogP contribution in [0.4, 0.5) is 17.1 Å². The molecule has 0 atom stereocenters. The van der Waals surface area contributed by atoms with E-state index in [-0.39, 0.29) is 16.9 Å². The number of nitrogens with zero attached hydrogens (tertiary/aromatic N) is 1. The number of nitro benzene ring substituents is 1. The summed E-state index contributed by atoms with van der Waals surface area (Å²) >= 11 is 1.60. The summed E-state index contributed by atoms with van der Waals surface area (Å²) in [6.45, 7) is 0. The van der Waals surface area contributed by atoms with Crippen LogP contribution in [0.5, 0.6) is 0 Å². The Morgan fingerprint density at radius 2 is 1.90 bits per heavy atom. The lowest BCUT2D eigenvalue weighted by molar-refractivity contribution is -0.383. The van der Waals surface area contributed by atoms with Crippen LogP contribution in [0.1, 0.15) is 10.4 Å². The molecule has 2 aromatic rings. The van der Waals surface area contributed by atoms with Gasteiger partial charge in [0.2, 0.25) is 0 Å². The van der Waals surface area contributed by atoms with Crippen molar-refractivity contribution in [1.82, 2.24) is 0 Å². The number of hydrogen-bond donors (Lipinski definition) is 2. The van der Waals surface area contributed by atoms with Gasteiger partial charge >= 0.3 is 5.97 Å². The summed E-state index contributed by atoms with van der Waals surface area (Å²) in [6, 6.07) is 11.2. The smallest absolute Gasteiger partial charge is 0.335 e. The van der Waals surface area contributed by atoms with Crippen LogP contribution in [0.15, 0.2) is 47.4 Å². The number of thioether (sulfide) groups is 1. The number of rotatable bonds is 5. The molecule has 0 aliphatic heterocycles. The molecule has 0 saturated carbocycles. The lowest BCUT2D eigenvalue weighted by Crippen LogP contribution is -2.01. The summed E-state index contributed by atoms with van der Waals surface area (Å²) < 4.78 is 0. The highest BCUT2D eigenvalue weighted by atomic mass is 32.2. The van der Waals surface area contributed by atoms with Crippen LogP contribution in [0.2, 0.25) is 0 Å². The van der Waals surface area contributed by atoms with Gasteiger partial charge in [0, 0.05) is 16.6 Å². The van der Waals surface area contributed by atoms with E-state index in [1.165, 1.54) is 12.1 Å². The fourth-order valence-corrected chi connectivity index (χ4v) is 2.16. The largest absolute Gasteiger partial charge is 0.478 e. The normalized spacial score (nSPS) is 10.1. The van der Waals surface area contributed by atoms with Crippen molar-refractivity contribution in [3.8, 4) is 0 Å². The summed E-state index contributed by atoms with van der Waals surface area (Å²) in [5, 5.41) is 22.9. The van der Waals surface area contributed by atoms with Gasteiger partial charge < -0.3 is 10.4 Å².